The fourth-order valence-corrected chi connectivity index (χ4v) is 3.23. The van der Waals surface area contributed by atoms with Crippen molar-refractivity contribution in [2.24, 2.45) is 11.8 Å². The van der Waals surface area contributed by atoms with E-state index < -0.39 is 0 Å². The summed E-state index contributed by atoms with van der Waals surface area (Å²) in [5.41, 5.74) is 0. The van der Waals surface area contributed by atoms with Crippen molar-refractivity contribution in [1.82, 2.24) is 0 Å². The van der Waals surface area contributed by atoms with Crippen LogP contribution in [0.1, 0.15) is 6.42 Å². The topological polar surface area (TPSA) is 17.1 Å². The summed E-state index contributed by atoms with van der Waals surface area (Å²) < 4.78 is -0.0689. The number of carbonyl (C=O) groups excluding carboxylic acids is 1. The number of carbonyl (C=O) groups is 1. The Morgan fingerprint density at radius 3 is 2.80 bits per heavy atom. The molecule has 0 spiro atoms. The molecule has 54 valence electrons. The zero-order chi connectivity index (χ0) is 7.35. The van der Waals surface area contributed by atoms with Gasteiger partial charge in [0, 0.05) is 5.92 Å². The van der Waals surface area contributed by atoms with E-state index >= 15 is 0 Å². The second kappa shape index (κ2) is 1.95. The van der Waals surface area contributed by atoms with E-state index in [1.807, 2.05) is 6.08 Å². The van der Waals surface area contributed by atoms with E-state index in [2.05, 4.69) is 31.9 Å². The van der Waals surface area contributed by atoms with Crippen LogP contribution >= 0.6 is 31.9 Å². The highest BCUT2D eigenvalue weighted by Crippen LogP contribution is 2.65. The third-order valence-electron chi connectivity index (χ3n) is 2.18. The summed E-state index contributed by atoms with van der Waals surface area (Å²) in [4.78, 5) is 11.1. The van der Waals surface area contributed by atoms with Crippen LogP contribution in [0.3, 0.4) is 0 Å². The molecule has 10 heavy (non-hydrogen) atoms. The van der Waals surface area contributed by atoms with Crippen LogP contribution in [0.25, 0.3) is 0 Å². The van der Waals surface area contributed by atoms with E-state index in [1.54, 1.807) is 6.08 Å². The van der Waals surface area contributed by atoms with E-state index in [0.717, 1.165) is 6.42 Å². The molecule has 0 heterocycles. The van der Waals surface area contributed by atoms with Crippen molar-refractivity contribution in [3.05, 3.63) is 12.2 Å². The van der Waals surface area contributed by atoms with E-state index in [1.165, 1.54) is 0 Å². The van der Waals surface area contributed by atoms with Gasteiger partial charge in [0.1, 0.15) is 0 Å². The molecule has 0 aromatic heterocycles. The minimum absolute atomic E-state index is 0.0689. The predicted molar refractivity (Wildman–Crippen MR) is 46.3 cm³/mol. The van der Waals surface area contributed by atoms with Crippen LogP contribution in [-0.2, 0) is 4.79 Å². The van der Waals surface area contributed by atoms with Crippen molar-refractivity contribution in [3.63, 3.8) is 0 Å². The van der Waals surface area contributed by atoms with E-state index in [-0.39, 0.29) is 14.9 Å². The summed E-state index contributed by atoms with van der Waals surface area (Å²) in [6.07, 6.45) is 4.66. The fraction of sp³-hybridized carbons (Fsp3) is 0.571. The lowest BCUT2D eigenvalue weighted by atomic mass is 10.1. The first kappa shape index (κ1) is 7.04. The standard InChI is InChI=1S/C7H6Br2O/c8-7(9)4-2-1-3-5(10)6(4)7/h1,3-4,6H,2H2/t4-,6-/m0/s1. The van der Waals surface area contributed by atoms with Gasteiger partial charge in [0.05, 0.1) is 9.15 Å². The second-order valence-corrected chi connectivity index (χ2v) is 6.49. The van der Waals surface area contributed by atoms with E-state index in [0.29, 0.717) is 5.92 Å². The monoisotopic (exact) mass is 264 g/mol. The summed E-state index contributed by atoms with van der Waals surface area (Å²) in [6.45, 7) is 0. The number of ketones is 1. The van der Waals surface area contributed by atoms with Gasteiger partial charge in [0.25, 0.3) is 0 Å². The molecular weight excluding hydrogens is 260 g/mol. The molecule has 0 aliphatic heterocycles. The summed E-state index contributed by atoms with van der Waals surface area (Å²) in [5.74, 6) is 0.938. The van der Waals surface area contributed by atoms with E-state index in [9.17, 15) is 4.79 Å². The number of allylic oxidation sites excluding steroid dienone is 2. The Morgan fingerprint density at radius 2 is 2.30 bits per heavy atom. The van der Waals surface area contributed by atoms with Gasteiger partial charge in [0.2, 0.25) is 0 Å². The van der Waals surface area contributed by atoms with Gasteiger partial charge in [-0.2, -0.15) is 0 Å². The first-order chi connectivity index (χ1) is 4.64. The van der Waals surface area contributed by atoms with Crippen molar-refractivity contribution >= 4 is 37.6 Å². The molecule has 0 N–H and O–H groups in total. The normalized spacial score (nSPS) is 41.2. The third-order valence-corrected chi connectivity index (χ3v) is 4.34. The van der Waals surface area contributed by atoms with E-state index in [4.69, 9.17) is 0 Å². The highest BCUT2D eigenvalue weighted by molar-refractivity contribution is 9.25. The summed E-state index contributed by atoms with van der Waals surface area (Å²) in [5, 5.41) is 0. The van der Waals surface area contributed by atoms with Crippen LogP contribution in [0.4, 0.5) is 0 Å². The first-order valence-electron chi connectivity index (χ1n) is 3.22. The molecule has 2 aliphatic carbocycles. The van der Waals surface area contributed by atoms with Crippen LogP contribution in [0.5, 0.6) is 0 Å². The first-order valence-corrected chi connectivity index (χ1v) is 4.81. The zero-order valence-corrected chi connectivity index (χ0v) is 8.35. The fourth-order valence-electron chi connectivity index (χ4n) is 1.51. The Kier molecular flexibility index (Phi) is 1.37. The molecule has 0 bridgehead atoms. The molecule has 0 saturated heterocycles. The van der Waals surface area contributed by atoms with Crippen LogP contribution in [0.15, 0.2) is 12.2 Å². The summed E-state index contributed by atoms with van der Waals surface area (Å²) in [7, 11) is 0. The molecule has 0 radical (unpaired) electrons. The Labute approximate surface area is 76.1 Å². The van der Waals surface area contributed by atoms with Crippen LogP contribution in [-0.4, -0.2) is 9.02 Å². The quantitative estimate of drug-likeness (QED) is 0.614. The Balaban J connectivity index is 2.27. The molecule has 0 aromatic rings. The van der Waals surface area contributed by atoms with Crippen molar-refractivity contribution < 1.29 is 4.79 Å². The van der Waals surface area contributed by atoms with Gasteiger partial charge < -0.3 is 0 Å². The van der Waals surface area contributed by atoms with Gasteiger partial charge in [0.15, 0.2) is 5.78 Å². The van der Waals surface area contributed by atoms with Crippen molar-refractivity contribution in [1.29, 1.82) is 0 Å². The number of alkyl halides is 2. The largest absolute Gasteiger partial charge is 0.294 e. The minimum atomic E-state index is -0.0689. The lowest BCUT2D eigenvalue weighted by Gasteiger charge is -1.95. The maximum atomic E-state index is 11.1. The highest BCUT2D eigenvalue weighted by atomic mass is 79.9. The van der Waals surface area contributed by atoms with Crippen molar-refractivity contribution in [2.75, 3.05) is 0 Å². The van der Waals surface area contributed by atoms with Gasteiger partial charge in [-0.25, -0.2) is 0 Å². The van der Waals surface area contributed by atoms with Crippen LogP contribution in [0.2, 0.25) is 0 Å². The smallest absolute Gasteiger partial charge is 0.161 e. The molecular formula is C7H6Br2O. The lowest BCUT2D eigenvalue weighted by Crippen LogP contribution is -2.03. The molecule has 2 atom stereocenters. The molecule has 2 rings (SSSR count). The van der Waals surface area contributed by atoms with Crippen molar-refractivity contribution in [3.8, 4) is 0 Å². The number of hydrogen-bond acceptors (Lipinski definition) is 1. The molecule has 2 aliphatic rings. The molecule has 1 fully saturated rings. The molecule has 3 heteroatoms. The predicted octanol–water partition coefficient (Wildman–Crippen LogP) is 2.25. The zero-order valence-electron chi connectivity index (χ0n) is 5.18. The number of hydrogen-bond donors (Lipinski definition) is 0. The van der Waals surface area contributed by atoms with Crippen LogP contribution < -0.4 is 0 Å². The summed E-state index contributed by atoms with van der Waals surface area (Å²) >= 11 is 6.95. The average molecular weight is 266 g/mol. The van der Waals surface area contributed by atoms with Gasteiger partial charge in [-0.3, -0.25) is 4.79 Å². The van der Waals surface area contributed by atoms with Gasteiger partial charge >= 0.3 is 0 Å². The molecule has 1 saturated carbocycles. The molecule has 0 aromatic carbocycles. The average Bonchev–Trinajstić information content (AvgIpc) is 2.38. The Morgan fingerprint density at radius 1 is 1.60 bits per heavy atom. The van der Waals surface area contributed by atoms with Gasteiger partial charge in [-0.1, -0.05) is 37.9 Å². The molecule has 1 nitrogen and oxygen atoms in total. The maximum Gasteiger partial charge on any atom is 0.161 e. The Hall–Kier alpha value is 0.370. The van der Waals surface area contributed by atoms with Gasteiger partial charge in [-0.05, 0) is 12.5 Å². The number of rotatable bonds is 0. The minimum Gasteiger partial charge on any atom is -0.294 e. The van der Waals surface area contributed by atoms with Crippen LogP contribution in [0, 0.1) is 11.8 Å². The SMILES string of the molecule is O=C1C=CC[C@H]2[C@@H]1C2(Br)Br. The third kappa shape index (κ3) is 0.766. The summed E-state index contributed by atoms with van der Waals surface area (Å²) in [6, 6.07) is 0. The maximum absolute atomic E-state index is 11.1. The molecule has 0 unspecified atom stereocenters. The second-order valence-electron chi connectivity index (χ2n) is 2.80. The number of halogens is 2. The highest BCUT2D eigenvalue weighted by Gasteiger charge is 2.64. The van der Waals surface area contributed by atoms with Crippen molar-refractivity contribution in [2.45, 2.75) is 9.65 Å². The lowest BCUT2D eigenvalue weighted by molar-refractivity contribution is -0.116. The van der Waals surface area contributed by atoms with Gasteiger partial charge in [-0.15, -0.1) is 0 Å². The Bertz CT molecular complexity index is 220. The number of fused-ring (bicyclic) bond motifs is 1. The molecule has 0 amide bonds.